The van der Waals surface area contributed by atoms with Crippen molar-refractivity contribution in [3.8, 4) is 6.07 Å². The van der Waals surface area contributed by atoms with E-state index in [-0.39, 0.29) is 0 Å². The maximum absolute atomic E-state index is 11.4. The lowest BCUT2D eigenvalue weighted by molar-refractivity contribution is -0.139. The zero-order chi connectivity index (χ0) is 14.8. The van der Waals surface area contributed by atoms with E-state index < -0.39 is 12.0 Å². The number of carbonyl (C=O) groups is 1. The molecular formula is C16H15N3O2. The zero-order valence-electron chi connectivity index (χ0n) is 11.5. The van der Waals surface area contributed by atoms with Crippen LogP contribution in [0.4, 0.5) is 5.69 Å². The Morgan fingerprint density at radius 2 is 2.24 bits per heavy atom. The van der Waals surface area contributed by atoms with Crippen LogP contribution in [0, 0.1) is 11.3 Å². The summed E-state index contributed by atoms with van der Waals surface area (Å²) in [5, 5.41) is 20.1. The summed E-state index contributed by atoms with van der Waals surface area (Å²) in [5.74, 6) is -0.776. The van der Waals surface area contributed by atoms with Gasteiger partial charge in [0.25, 0.3) is 0 Å². The molecule has 106 valence electrons. The second-order valence-electron chi connectivity index (χ2n) is 5.22. The van der Waals surface area contributed by atoms with Crippen molar-refractivity contribution in [1.29, 1.82) is 5.26 Å². The molecule has 5 nitrogen and oxygen atoms in total. The lowest BCUT2D eigenvalue weighted by atomic mass is 10.0. The van der Waals surface area contributed by atoms with E-state index in [9.17, 15) is 9.90 Å². The lowest BCUT2D eigenvalue weighted by Gasteiger charge is -2.35. The summed E-state index contributed by atoms with van der Waals surface area (Å²) < 4.78 is 0. The van der Waals surface area contributed by atoms with Crippen LogP contribution in [0.15, 0.2) is 30.5 Å². The summed E-state index contributed by atoms with van der Waals surface area (Å²) in [5.41, 5.74) is 1.29. The summed E-state index contributed by atoms with van der Waals surface area (Å²) >= 11 is 0. The minimum Gasteiger partial charge on any atom is -0.480 e. The normalized spacial score (nSPS) is 18.4. The van der Waals surface area contributed by atoms with Crippen LogP contribution in [-0.4, -0.2) is 28.6 Å². The Labute approximate surface area is 122 Å². The summed E-state index contributed by atoms with van der Waals surface area (Å²) in [6.45, 7) is 0.749. The first-order valence-corrected chi connectivity index (χ1v) is 6.99. The van der Waals surface area contributed by atoms with Crippen molar-refractivity contribution in [3.05, 3.63) is 36.2 Å². The fourth-order valence-corrected chi connectivity index (χ4v) is 2.93. The summed E-state index contributed by atoms with van der Waals surface area (Å²) in [6.07, 6.45) is 4.23. The van der Waals surface area contributed by atoms with Gasteiger partial charge in [0.15, 0.2) is 0 Å². The number of piperidine rings is 1. The Kier molecular flexibility index (Phi) is 3.44. The first kappa shape index (κ1) is 13.4. The van der Waals surface area contributed by atoms with Gasteiger partial charge in [0.1, 0.15) is 17.8 Å². The summed E-state index contributed by atoms with van der Waals surface area (Å²) in [6, 6.07) is 9.13. The van der Waals surface area contributed by atoms with E-state index in [2.05, 4.69) is 11.1 Å². The van der Waals surface area contributed by atoms with E-state index in [0.717, 1.165) is 35.8 Å². The van der Waals surface area contributed by atoms with Crippen molar-refractivity contribution in [2.75, 3.05) is 11.4 Å². The molecule has 0 amide bonds. The Hall–Kier alpha value is -2.61. The van der Waals surface area contributed by atoms with Crippen LogP contribution in [0.1, 0.15) is 25.0 Å². The van der Waals surface area contributed by atoms with Crippen molar-refractivity contribution in [1.82, 2.24) is 4.98 Å². The number of benzene rings is 1. The summed E-state index contributed by atoms with van der Waals surface area (Å²) in [7, 11) is 0. The van der Waals surface area contributed by atoms with Crippen LogP contribution < -0.4 is 4.90 Å². The van der Waals surface area contributed by atoms with Gasteiger partial charge in [-0.1, -0.05) is 0 Å². The molecule has 1 N–H and O–H groups in total. The van der Waals surface area contributed by atoms with E-state index >= 15 is 0 Å². The van der Waals surface area contributed by atoms with Crippen molar-refractivity contribution in [2.24, 2.45) is 0 Å². The molecular weight excluding hydrogens is 266 g/mol. The highest BCUT2D eigenvalue weighted by Crippen LogP contribution is 2.28. The third kappa shape index (κ3) is 2.40. The fraction of sp³-hybridized carbons (Fsp3) is 0.312. The lowest BCUT2D eigenvalue weighted by Crippen LogP contribution is -2.44. The third-order valence-electron chi connectivity index (χ3n) is 3.97. The number of nitrogens with zero attached hydrogens (tertiary/aromatic N) is 3. The van der Waals surface area contributed by atoms with Gasteiger partial charge in [-0.05, 0) is 48.9 Å². The Bertz CT molecular complexity index is 736. The number of pyridine rings is 1. The molecule has 1 aliphatic heterocycles. The Morgan fingerprint density at radius 3 is 3.00 bits per heavy atom. The van der Waals surface area contributed by atoms with E-state index in [1.165, 1.54) is 0 Å². The van der Waals surface area contributed by atoms with Crippen molar-refractivity contribution in [2.45, 2.75) is 25.3 Å². The molecule has 1 atom stereocenters. The Balaban J connectivity index is 2.04. The first-order valence-electron chi connectivity index (χ1n) is 6.99. The summed E-state index contributed by atoms with van der Waals surface area (Å²) in [4.78, 5) is 17.4. The van der Waals surface area contributed by atoms with Crippen molar-refractivity contribution in [3.63, 3.8) is 0 Å². The SMILES string of the molecule is N#Cc1nccc2cc(N3CCCC[C@@H]3C(=O)O)ccc12. The fourth-order valence-electron chi connectivity index (χ4n) is 2.93. The van der Waals surface area contributed by atoms with Gasteiger partial charge in [-0.3, -0.25) is 0 Å². The second kappa shape index (κ2) is 5.41. The number of aromatic nitrogens is 1. The molecule has 0 saturated carbocycles. The minimum atomic E-state index is -0.776. The monoisotopic (exact) mass is 281 g/mol. The average molecular weight is 281 g/mol. The molecule has 1 fully saturated rings. The molecule has 1 aromatic carbocycles. The number of aliphatic carboxylic acids is 1. The van der Waals surface area contributed by atoms with Gasteiger partial charge in [-0.2, -0.15) is 5.26 Å². The number of fused-ring (bicyclic) bond motifs is 1. The number of carboxylic acid groups (broad SMARTS) is 1. The number of carboxylic acids is 1. The second-order valence-corrected chi connectivity index (χ2v) is 5.22. The third-order valence-corrected chi connectivity index (χ3v) is 3.97. The number of hydrogen-bond donors (Lipinski definition) is 1. The highest BCUT2D eigenvalue weighted by atomic mass is 16.4. The van der Waals surface area contributed by atoms with Gasteiger partial charge in [0.05, 0.1) is 0 Å². The van der Waals surface area contributed by atoms with Gasteiger partial charge in [-0.25, -0.2) is 9.78 Å². The van der Waals surface area contributed by atoms with Crippen LogP contribution >= 0.6 is 0 Å². The quantitative estimate of drug-likeness (QED) is 0.915. The number of nitriles is 1. The van der Waals surface area contributed by atoms with E-state index in [4.69, 9.17) is 5.26 Å². The van der Waals surface area contributed by atoms with E-state index in [1.807, 2.05) is 29.2 Å². The first-order chi connectivity index (χ1) is 10.2. The van der Waals surface area contributed by atoms with Gasteiger partial charge in [0, 0.05) is 23.8 Å². The van der Waals surface area contributed by atoms with Gasteiger partial charge in [0.2, 0.25) is 0 Å². The van der Waals surface area contributed by atoms with Crippen molar-refractivity contribution < 1.29 is 9.90 Å². The van der Waals surface area contributed by atoms with Crippen molar-refractivity contribution >= 4 is 22.4 Å². The predicted octanol–water partition coefficient (Wildman–Crippen LogP) is 2.55. The molecule has 0 aliphatic carbocycles. The van der Waals surface area contributed by atoms with Gasteiger partial charge in [-0.15, -0.1) is 0 Å². The van der Waals surface area contributed by atoms with Crippen LogP contribution in [0.25, 0.3) is 10.8 Å². The molecule has 1 aromatic heterocycles. The molecule has 1 aliphatic rings. The molecule has 2 heterocycles. The molecule has 1 saturated heterocycles. The molecule has 0 unspecified atom stereocenters. The van der Waals surface area contributed by atoms with Gasteiger partial charge < -0.3 is 10.0 Å². The minimum absolute atomic E-state index is 0.396. The van der Waals surface area contributed by atoms with Crippen LogP contribution in [0.2, 0.25) is 0 Å². The molecule has 0 radical (unpaired) electrons. The number of anilines is 1. The number of hydrogen-bond acceptors (Lipinski definition) is 4. The maximum atomic E-state index is 11.4. The molecule has 5 heteroatoms. The zero-order valence-corrected chi connectivity index (χ0v) is 11.5. The van der Waals surface area contributed by atoms with E-state index in [1.54, 1.807) is 6.20 Å². The topological polar surface area (TPSA) is 77.2 Å². The smallest absolute Gasteiger partial charge is 0.326 e. The largest absolute Gasteiger partial charge is 0.480 e. The maximum Gasteiger partial charge on any atom is 0.326 e. The predicted molar refractivity (Wildman–Crippen MR) is 79.1 cm³/mol. The Morgan fingerprint density at radius 1 is 1.38 bits per heavy atom. The molecule has 0 spiro atoms. The highest BCUT2D eigenvalue weighted by molar-refractivity contribution is 5.90. The molecule has 2 aromatic rings. The van der Waals surface area contributed by atoms with Crippen LogP contribution in [-0.2, 0) is 4.79 Å². The standard InChI is InChI=1S/C16H15N3O2/c17-10-14-13-5-4-12(9-11(13)6-7-18-14)19-8-2-1-3-15(19)16(20)21/h4-7,9,15H,1-3,8H2,(H,20,21)/t15-/m1/s1. The van der Waals surface area contributed by atoms with Crippen LogP contribution in [0.3, 0.4) is 0 Å². The average Bonchev–Trinajstić information content (AvgIpc) is 2.53. The van der Waals surface area contributed by atoms with Crippen LogP contribution in [0.5, 0.6) is 0 Å². The van der Waals surface area contributed by atoms with E-state index in [0.29, 0.717) is 12.1 Å². The molecule has 3 rings (SSSR count). The highest BCUT2D eigenvalue weighted by Gasteiger charge is 2.28. The molecule has 0 bridgehead atoms. The molecule has 21 heavy (non-hydrogen) atoms. The number of rotatable bonds is 2. The van der Waals surface area contributed by atoms with Gasteiger partial charge >= 0.3 is 5.97 Å².